The molecule has 1 aromatic heterocycles. The number of phenolic OH excluding ortho intramolecular Hbond substituents is 1. The lowest BCUT2D eigenvalue weighted by atomic mass is 10.0. The molecule has 0 amide bonds. The Morgan fingerprint density at radius 3 is 2.22 bits per heavy atom. The number of nitrogens with zero attached hydrogens (tertiary/aromatic N) is 2. The minimum Gasteiger partial charge on any atom is -0.508 e. The summed E-state index contributed by atoms with van der Waals surface area (Å²) in [6.45, 7) is 10.3. The monoisotopic (exact) mass is 386 g/mol. The van der Waals surface area contributed by atoms with Gasteiger partial charge in [0, 0.05) is 35.8 Å². The third-order valence-electron chi connectivity index (χ3n) is 6.01. The van der Waals surface area contributed by atoms with Crippen LogP contribution < -0.4 is 0 Å². The molecule has 0 spiro atoms. The van der Waals surface area contributed by atoms with E-state index in [0.29, 0.717) is 17.6 Å². The molecule has 1 aliphatic rings. The molecule has 2 heterocycles. The quantitative estimate of drug-likeness (QED) is 0.696. The third-order valence-corrected chi connectivity index (χ3v) is 10.1. The van der Waals surface area contributed by atoms with Crippen LogP contribution >= 0.6 is 7.14 Å². The van der Waals surface area contributed by atoms with Gasteiger partial charge in [0.15, 0.2) is 0 Å². The summed E-state index contributed by atoms with van der Waals surface area (Å²) in [6, 6.07) is 7.67. The van der Waals surface area contributed by atoms with Crippen LogP contribution in [0.4, 0.5) is 0 Å². The molecular formula is C22H31N2O2P. The Bertz CT molecular complexity index is 846. The van der Waals surface area contributed by atoms with Gasteiger partial charge in [0.25, 0.3) is 0 Å². The van der Waals surface area contributed by atoms with Gasteiger partial charge in [-0.2, -0.15) is 0 Å². The molecule has 4 nitrogen and oxygen atoms in total. The molecule has 0 saturated carbocycles. The molecule has 4 atom stereocenters. The molecular weight excluding hydrogens is 355 g/mol. The van der Waals surface area contributed by atoms with Gasteiger partial charge in [-0.3, -0.25) is 0 Å². The van der Waals surface area contributed by atoms with Crippen molar-refractivity contribution in [1.82, 2.24) is 9.97 Å². The van der Waals surface area contributed by atoms with Crippen LogP contribution in [0.25, 0.3) is 0 Å². The highest BCUT2D eigenvalue weighted by atomic mass is 31.2. The summed E-state index contributed by atoms with van der Waals surface area (Å²) < 4.78 is 14.0. The van der Waals surface area contributed by atoms with E-state index in [1.807, 2.05) is 39.0 Å². The number of hydrogen-bond acceptors (Lipinski definition) is 4. The van der Waals surface area contributed by atoms with Crippen molar-refractivity contribution in [3.05, 3.63) is 52.6 Å². The second-order valence-corrected chi connectivity index (χ2v) is 11.7. The van der Waals surface area contributed by atoms with Crippen molar-refractivity contribution in [3.63, 3.8) is 0 Å². The van der Waals surface area contributed by atoms with Gasteiger partial charge >= 0.3 is 0 Å². The summed E-state index contributed by atoms with van der Waals surface area (Å²) in [7, 11) is -2.35. The smallest absolute Gasteiger partial charge is 0.128 e. The second-order valence-electron chi connectivity index (χ2n) is 8.44. The van der Waals surface area contributed by atoms with Crippen molar-refractivity contribution in [2.24, 2.45) is 11.8 Å². The molecule has 0 radical (unpaired) electrons. The normalized spacial score (nSPS) is 26.3. The molecule has 146 valence electrons. The van der Waals surface area contributed by atoms with Crippen LogP contribution in [0.15, 0.2) is 24.3 Å². The molecule has 1 fully saturated rings. The number of hydrogen-bond donors (Lipinski definition) is 1. The molecule has 1 aromatic carbocycles. The van der Waals surface area contributed by atoms with E-state index in [4.69, 9.17) is 0 Å². The van der Waals surface area contributed by atoms with E-state index >= 15 is 0 Å². The number of phenols is 1. The Morgan fingerprint density at radius 2 is 1.67 bits per heavy atom. The maximum absolute atomic E-state index is 14.0. The lowest BCUT2D eigenvalue weighted by Gasteiger charge is -2.25. The first-order chi connectivity index (χ1) is 12.7. The van der Waals surface area contributed by atoms with Gasteiger partial charge in [0.05, 0.1) is 7.14 Å². The van der Waals surface area contributed by atoms with Crippen LogP contribution in [0.3, 0.4) is 0 Å². The Kier molecular flexibility index (Phi) is 5.76. The van der Waals surface area contributed by atoms with E-state index < -0.39 is 7.14 Å². The van der Waals surface area contributed by atoms with E-state index in [9.17, 15) is 9.67 Å². The van der Waals surface area contributed by atoms with Gasteiger partial charge in [-0.15, -0.1) is 0 Å². The molecule has 1 saturated heterocycles. The summed E-state index contributed by atoms with van der Waals surface area (Å²) in [5.41, 5.74) is 3.88. The first-order valence-electron chi connectivity index (χ1n) is 9.86. The van der Waals surface area contributed by atoms with Crippen LogP contribution in [0.5, 0.6) is 5.75 Å². The topological polar surface area (TPSA) is 63.1 Å². The first-order valence-corrected chi connectivity index (χ1v) is 12.0. The van der Waals surface area contributed by atoms with Gasteiger partial charge in [-0.25, -0.2) is 9.97 Å². The van der Waals surface area contributed by atoms with E-state index in [0.717, 1.165) is 53.5 Å². The van der Waals surface area contributed by atoms with Crippen LogP contribution in [0.2, 0.25) is 0 Å². The van der Waals surface area contributed by atoms with Crippen molar-refractivity contribution >= 4 is 7.14 Å². The molecule has 27 heavy (non-hydrogen) atoms. The molecule has 5 heteroatoms. The summed E-state index contributed by atoms with van der Waals surface area (Å²) in [5.74, 6) is 2.12. The predicted molar refractivity (Wildman–Crippen MR) is 111 cm³/mol. The number of aromatic nitrogens is 2. The fourth-order valence-corrected chi connectivity index (χ4v) is 9.03. The van der Waals surface area contributed by atoms with Crippen LogP contribution in [0, 0.1) is 32.6 Å². The molecule has 1 aliphatic heterocycles. The van der Waals surface area contributed by atoms with Crippen molar-refractivity contribution in [2.45, 2.75) is 53.1 Å². The van der Waals surface area contributed by atoms with Crippen molar-refractivity contribution in [2.75, 3.05) is 12.3 Å². The average Bonchev–Trinajstić information content (AvgIpc) is 2.83. The number of rotatable bonds is 5. The molecule has 0 bridgehead atoms. The lowest BCUT2D eigenvalue weighted by molar-refractivity contribution is 0.470. The number of benzene rings is 1. The summed E-state index contributed by atoms with van der Waals surface area (Å²) in [5, 5.41) is 9.92. The molecule has 3 rings (SSSR count). The van der Waals surface area contributed by atoms with Crippen LogP contribution in [-0.2, 0) is 11.0 Å². The average molecular weight is 386 g/mol. The summed E-state index contributed by atoms with van der Waals surface area (Å²) in [6.07, 6.45) is 3.13. The van der Waals surface area contributed by atoms with Crippen LogP contribution in [-0.4, -0.2) is 27.4 Å². The van der Waals surface area contributed by atoms with E-state index in [1.54, 1.807) is 6.07 Å². The Hall–Kier alpha value is -1.67. The van der Waals surface area contributed by atoms with Crippen molar-refractivity contribution in [3.8, 4) is 5.75 Å². The molecule has 2 aromatic rings. The molecule has 0 aliphatic carbocycles. The van der Waals surface area contributed by atoms with Crippen molar-refractivity contribution in [1.29, 1.82) is 0 Å². The zero-order chi connectivity index (χ0) is 19.8. The summed E-state index contributed by atoms with van der Waals surface area (Å²) in [4.78, 5) is 9.14. The maximum atomic E-state index is 14.0. The van der Waals surface area contributed by atoms with Gasteiger partial charge in [-0.05, 0) is 62.3 Å². The lowest BCUT2D eigenvalue weighted by Crippen LogP contribution is -2.08. The zero-order valence-corrected chi connectivity index (χ0v) is 18.0. The highest BCUT2D eigenvalue weighted by Crippen LogP contribution is 2.67. The van der Waals surface area contributed by atoms with Crippen LogP contribution in [0.1, 0.15) is 54.3 Å². The molecule has 2 unspecified atom stereocenters. The maximum Gasteiger partial charge on any atom is 0.128 e. The predicted octanol–water partition coefficient (Wildman–Crippen LogP) is 5.43. The minimum absolute atomic E-state index is 0.00798. The van der Waals surface area contributed by atoms with Gasteiger partial charge < -0.3 is 9.67 Å². The highest BCUT2D eigenvalue weighted by Gasteiger charge is 2.43. The highest BCUT2D eigenvalue weighted by molar-refractivity contribution is 7.64. The van der Waals surface area contributed by atoms with E-state index in [2.05, 4.69) is 23.8 Å². The first kappa shape index (κ1) is 20.1. The van der Waals surface area contributed by atoms with Gasteiger partial charge in [0.1, 0.15) is 11.6 Å². The van der Waals surface area contributed by atoms with E-state index in [-0.39, 0.29) is 5.66 Å². The Morgan fingerprint density at radius 1 is 1.07 bits per heavy atom. The molecule has 1 N–H and O–H groups in total. The fraction of sp³-hybridized carbons (Fsp3) is 0.545. The largest absolute Gasteiger partial charge is 0.508 e. The number of aromatic hydroxyl groups is 1. The van der Waals surface area contributed by atoms with Gasteiger partial charge in [0.2, 0.25) is 0 Å². The second kappa shape index (κ2) is 7.75. The zero-order valence-electron chi connectivity index (χ0n) is 17.1. The third kappa shape index (κ3) is 4.43. The Labute approximate surface area is 162 Å². The van der Waals surface area contributed by atoms with Crippen molar-refractivity contribution < 1.29 is 9.67 Å². The van der Waals surface area contributed by atoms with E-state index in [1.165, 1.54) is 0 Å². The standard InChI is InChI=1S/C22H31N2O2P/c1-14-10-19(6-7-20(14)25)21(27(26)12-15(2)16(3)13-27)8-9-22-23-17(4)11-18(5)24-22/h6-7,10-11,15-16,21,25H,8-9,12-13H2,1-5H3/t15-,16+,21?,27?. The number of aryl methyl sites for hydroxylation is 4. The SMILES string of the molecule is Cc1cc(C)nc(CCC(c2ccc(O)c(C)c2)P2(=O)C[C@@H](C)[C@@H](C)C2)n1. The minimum atomic E-state index is -2.35. The van der Waals surface area contributed by atoms with Gasteiger partial charge in [-0.1, -0.05) is 26.0 Å². The summed E-state index contributed by atoms with van der Waals surface area (Å²) >= 11 is 0. The Balaban J connectivity index is 1.92. The fourth-order valence-electron chi connectivity index (χ4n) is 4.40.